The molecule has 2 rings (SSSR count). The van der Waals surface area contributed by atoms with Crippen molar-refractivity contribution in [2.75, 3.05) is 100 Å². The van der Waals surface area contributed by atoms with Crippen molar-refractivity contribution < 1.29 is 84.4 Å². The van der Waals surface area contributed by atoms with Crippen molar-refractivity contribution in [3.05, 3.63) is 43.7 Å². The van der Waals surface area contributed by atoms with Crippen LogP contribution in [0.25, 0.3) is 0 Å². The largest absolute Gasteiger partial charge is 0.616 e. The number of nitrogens with one attached hydrogen (secondary N) is 4. The summed E-state index contributed by atoms with van der Waals surface area (Å²) in [6.07, 6.45) is -5.40. The van der Waals surface area contributed by atoms with Crippen LogP contribution in [-0.2, 0) is 20.8 Å². The molecule has 23 nitrogen and oxygen atoms in total. The number of hydrogen-bond donors (Lipinski definition) is 14. The van der Waals surface area contributed by atoms with Crippen LogP contribution >= 0.6 is 136 Å². The Balaban J connectivity index is 2.70. The Morgan fingerprint density at radius 3 is 0.879 bits per heavy atom. The van der Waals surface area contributed by atoms with E-state index in [1.54, 1.807) is 136 Å². The molecular formula is C36H46I6N6O17S. The molecule has 66 heavy (non-hydrogen) atoms. The number of carbonyl (C=O) groups excluding carboxylic acids is 6. The summed E-state index contributed by atoms with van der Waals surface area (Å²) in [6.45, 7) is -7.42. The van der Waals surface area contributed by atoms with E-state index in [1.165, 1.54) is 0 Å². The summed E-state index contributed by atoms with van der Waals surface area (Å²) in [7, 11) is 0. The van der Waals surface area contributed by atoms with E-state index in [9.17, 15) is 84.4 Å². The van der Waals surface area contributed by atoms with Crippen molar-refractivity contribution in [3.8, 4) is 0 Å². The molecule has 0 aromatic heterocycles. The lowest BCUT2D eigenvalue weighted by atomic mass is 10.1. The van der Waals surface area contributed by atoms with Crippen molar-refractivity contribution in [3.63, 3.8) is 0 Å². The molecule has 30 heteroatoms. The summed E-state index contributed by atoms with van der Waals surface area (Å²) >= 11 is 8.48. The molecule has 0 saturated carbocycles. The van der Waals surface area contributed by atoms with E-state index in [4.69, 9.17) is 0 Å². The molecule has 0 aliphatic heterocycles. The fourth-order valence-electron chi connectivity index (χ4n) is 5.41. The van der Waals surface area contributed by atoms with Gasteiger partial charge in [0.2, 0.25) is 0 Å². The molecule has 2 aromatic rings. The van der Waals surface area contributed by atoms with E-state index in [1.807, 2.05) is 0 Å². The van der Waals surface area contributed by atoms with E-state index in [2.05, 4.69) is 21.3 Å². The smallest absolute Gasteiger partial charge is 0.253 e. The van der Waals surface area contributed by atoms with Gasteiger partial charge in [-0.25, -0.2) is 0 Å². The minimum Gasteiger partial charge on any atom is -0.616 e. The first-order chi connectivity index (χ1) is 31.1. The third kappa shape index (κ3) is 16.8. The van der Waals surface area contributed by atoms with Gasteiger partial charge < -0.3 is 86.7 Å². The number of rotatable bonds is 26. The van der Waals surface area contributed by atoms with E-state index in [-0.39, 0.29) is 66.6 Å². The fraction of sp³-hybridized carbons (Fsp3) is 0.500. The van der Waals surface area contributed by atoms with E-state index in [0.29, 0.717) is 0 Å². The zero-order valence-corrected chi connectivity index (χ0v) is 47.9. The Kier molecular flexibility index (Phi) is 28.4. The van der Waals surface area contributed by atoms with Gasteiger partial charge in [0.15, 0.2) is 0 Å². The first-order valence-corrected chi connectivity index (χ1v) is 26.9. The molecule has 0 heterocycles. The van der Waals surface area contributed by atoms with Crippen LogP contribution in [0.4, 0.5) is 11.4 Å². The van der Waals surface area contributed by atoms with Crippen LogP contribution < -0.4 is 31.1 Å². The van der Waals surface area contributed by atoms with Crippen LogP contribution in [0, 0.1) is 21.4 Å². The van der Waals surface area contributed by atoms with Gasteiger partial charge in [-0.3, -0.25) is 28.8 Å². The maximum Gasteiger partial charge on any atom is 0.253 e. The SMILES string of the molecule is O=C(NCC(O)CO)c1c(I)c(C(=O)NCC(O)CO)c(I)c(N(CC[S+]([O-])CCN(C(=O)CO)c2c(I)c(C(=O)NCC(O)CO)c(I)c(C(=O)NCC(O)CO)c2I)C(=O)CO)c1I. The zero-order chi connectivity index (χ0) is 50.2. The van der Waals surface area contributed by atoms with E-state index in [0.717, 1.165) is 9.80 Å². The summed E-state index contributed by atoms with van der Waals surface area (Å²) in [5.74, 6) is -5.97. The molecule has 370 valence electrons. The van der Waals surface area contributed by atoms with Crippen LogP contribution in [0.15, 0.2) is 0 Å². The quantitative estimate of drug-likeness (QED) is 0.0325. The lowest BCUT2D eigenvalue weighted by Gasteiger charge is -2.29. The summed E-state index contributed by atoms with van der Waals surface area (Å²) in [5, 5.41) is 107. The van der Waals surface area contributed by atoms with Gasteiger partial charge in [0, 0.05) is 33.3 Å². The Morgan fingerprint density at radius 2 is 0.682 bits per heavy atom. The molecular weight excluding hydrogens is 1580 g/mol. The second-order valence-electron chi connectivity index (χ2n) is 13.5. The number of halogens is 6. The second kappa shape index (κ2) is 30.4. The number of aliphatic hydroxyl groups is 10. The number of benzene rings is 2. The van der Waals surface area contributed by atoms with E-state index >= 15 is 0 Å². The fourth-order valence-corrected chi connectivity index (χ4v) is 15.8. The average molecular weight is 1630 g/mol. The Labute approximate surface area is 462 Å². The molecule has 2 aromatic carbocycles. The van der Waals surface area contributed by atoms with Gasteiger partial charge in [-0.05, 0) is 136 Å². The van der Waals surface area contributed by atoms with Gasteiger partial charge in [-0.2, -0.15) is 0 Å². The molecule has 4 unspecified atom stereocenters. The van der Waals surface area contributed by atoms with Crippen molar-refractivity contribution >= 4 is 194 Å². The zero-order valence-electron chi connectivity index (χ0n) is 34.1. The normalized spacial score (nSPS) is 13.5. The molecule has 14 N–H and O–H groups in total. The van der Waals surface area contributed by atoms with E-state index < -0.39 is 150 Å². The van der Waals surface area contributed by atoms with Gasteiger partial charge in [0.05, 0.1) is 112 Å². The van der Waals surface area contributed by atoms with Crippen molar-refractivity contribution in [2.24, 2.45) is 0 Å². The third-order valence-corrected chi connectivity index (χ3v) is 16.5. The lowest BCUT2D eigenvalue weighted by Crippen LogP contribution is -2.43. The highest BCUT2D eigenvalue weighted by atomic mass is 127. The van der Waals surface area contributed by atoms with Crippen LogP contribution in [-0.4, -0.2) is 206 Å². The lowest BCUT2D eigenvalue weighted by molar-refractivity contribution is -0.121. The van der Waals surface area contributed by atoms with Crippen LogP contribution in [0.5, 0.6) is 0 Å². The summed E-state index contributed by atoms with van der Waals surface area (Å²) in [6, 6.07) is 0. The Morgan fingerprint density at radius 1 is 0.455 bits per heavy atom. The second-order valence-corrected chi connectivity index (χ2v) is 21.7. The number of carbonyl (C=O) groups is 6. The van der Waals surface area contributed by atoms with Crippen molar-refractivity contribution in [2.45, 2.75) is 24.4 Å². The Hall–Kier alpha value is -0.450. The highest BCUT2D eigenvalue weighted by Gasteiger charge is 2.35. The number of amides is 6. The summed E-state index contributed by atoms with van der Waals surface area (Å²) in [5.41, 5.74) is -0.757. The standard InChI is InChI=1S/C36H46I6N6O17S/c37-25-21(33(61)43-5-15(55)9-49)27(39)31(28(40)22(25)34(62)44-6-16(56)10-50)47(19(59)13-53)1-3-66(65)4-2-48(20(60)14-54)32-29(41)23(35(63)45-7-17(57)11-51)26(38)24(30(32)42)36(64)46-8-18(58)12-52/h15-18,49-58H,1-14H2,(H,43,61)(H,44,62)(H,45,63)(H,46,64). The van der Waals surface area contributed by atoms with Crippen LogP contribution in [0.3, 0.4) is 0 Å². The van der Waals surface area contributed by atoms with Crippen LogP contribution in [0.2, 0.25) is 0 Å². The first kappa shape index (κ1) is 61.7. The number of aliphatic hydroxyl groups excluding tert-OH is 10. The third-order valence-electron chi connectivity index (χ3n) is 8.83. The highest BCUT2D eigenvalue weighted by molar-refractivity contribution is 14.1. The predicted molar refractivity (Wildman–Crippen MR) is 288 cm³/mol. The number of anilines is 2. The number of hydrogen-bond acceptors (Lipinski definition) is 17. The minimum atomic E-state index is -1.96. The molecule has 0 spiro atoms. The van der Waals surface area contributed by atoms with Crippen molar-refractivity contribution in [1.29, 1.82) is 0 Å². The van der Waals surface area contributed by atoms with Gasteiger partial charge in [-0.1, -0.05) is 11.2 Å². The molecule has 0 bridgehead atoms. The number of nitrogens with zero attached hydrogens (tertiary/aromatic N) is 2. The molecule has 0 saturated heterocycles. The minimum absolute atomic E-state index is 0.0666. The van der Waals surface area contributed by atoms with Gasteiger partial charge >= 0.3 is 0 Å². The van der Waals surface area contributed by atoms with Gasteiger partial charge in [-0.15, -0.1) is 0 Å². The summed E-state index contributed by atoms with van der Waals surface area (Å²) in [4.78, 5) is 83.4. The molecule has 6 amide bonds. The molecule has 4 atom stereocenters. The monoisotopic (exact) mass is 1630 g/mol. The van der Waals surface area contributed by atoms with Gasteiger partial charge in [0.25, 0.3) is 35.4 Å². The molecule has 0 aliphatic rings. The van der Waals surface area contributed by atoms with Crippen LogP contribution in [0.1, 0.15) is 41.4 Å². The molecule has 0 fully saturated rings. The topological polar surface area (TPSA) is 382 Å². The maximum atomic E-state index is 13.9. The first-order valence-electron chi connectivity index (χ1n) is 18.9. The Bertz CT molecular complexity index is 1830. The summed E-state index contributed by atoms with van der Waals surface area (Å²) < 4.78 is 14.3. The van der Waals surface area contributed by atoms with Gasteiger partial charge in [0.1, 0.15) is 24.7 Å². The maximum absolute atomic E-state index is 13.9. The molecule has 0 aliphatic carbocycles. The van der Waals surface area contributed by atoms with Crippen molar-refractivity contribution in [1.82, 2.24) is 21.3 Å². The average Bonchev–Trinajstić information content (AvgIpc) is 3.29. The predicted octanol–water partition coefficient (Wildman–Crippen LogP) is -3.25. The molecule has 0 radical (unpaired) electrons. The highest BCUT2D eigenvalue weighted by Crippen LogP contribution is 2.40.